The van der Waals surface area contributed by atoms with Gasteiger partial charge in [0, 0.05) is 37.9 Å². The smallest absolute Gasteiger partial charge is 0.252 e. The number of ether oxygens (including phenoxy) is 2. The van der Waals surface area contributed by atoms with Crippen LogP contribution in [0.2, 0.25) is 0 Å². The number of benzene rings is 2. The molecule has 1 aliphatic heterocycles. The number of aromatic amines is 1. The van der Waals surface area contributed by atoms with Gasteiger partial charge in [0.05, 0.1) is 18.9 Å². The molecule has 1 fully saturated rings. The molecule has 2 N–H and O–H groups in total. The zero-order chi connectivity index (χ0) is 20.6. The molecule has 156 valence electrons. The Bertz CT molecular complexity index is 998. The van der Waals surface area contributed by atoms with E-state index in [1.165, 1.54) is 0 Å². The van der Waals surface area contributed by atoms with Gasteiger partial charge in [-0.3, -0.25) is 9.69 Å². The Hall–Kier alpha value is -3.09. The number of anilines is 1. The largest absolute Gasteiger partial charge is 0.490 e. The molecule has 1 saturated heterocycles. The topological polar surface area (TPSA) is 66.6 Å². The Balaban J connectivity index is 1.40. The number of rotatable bonds is 8. The lowest BCUT2D eigenvalue weighted by atomic mass is 10.1. The van der Waals surface area contributed by atoms with Crippen LogP contribution in [0.15, 0.2) is 71.7 Å². The summed E-state index contributed by atoms with van der Waals surface area (Å²) in [4.78, 5) is 17.5. The van der Waals surface area contributed by atoms with Crippen molar-refractivity contribution in [1.82, 2.24) is 9.88 Å². The van der Waals surface area contributed by atoms with Crippen LogP contribution in [0.25, 0.3) is 11.1 Å². The molecule has 0 bridgehead atoms. The minimum Gasteiger partial charge on any atom is -0.490 e. The Morgan fingerprint density at radius 3 is 2.60 bits per heavy atom. The van der Waals surface area contributed by atoms with E-state index in [2.05, 4.69) is 15.2 Å². The molecule has 1 aromatic heterocycles. The number of H-pyrrole nitrogens is 1. The van der Waals surface area contributed by atoms with Gasteiger partial charge in [0.1, 0.15) is 12.4 Å². The maximum atomic E-state index is 12.3. The summed E-state index contributed by atoms with van der Waals surface area (Å²) in [5.41, 5.74) is 3.53. The molecule has 2 aromatic carbocycles. The molecule has 6 nitrogen and oxygen atoms in total. The van der Waals surface area contributed by atoms with Crippen molar-refractivity contribution < 1.29 is 9.47 Å². The van der Waals surface area contributed by atoms with Crippen molar-refractivity contribution >= 4 is 5.69 Å². The Labute approximate surface area is 176 Å². The summed E-state index contributed by atoms with van der Waals surface area (Å²) in [6.07, 6.45) is 1.75. The van der Waals surface area contributed by atoms with E-state index in [4.69, 9.17) is 9.47 Å². The Kier molecular flexibility index (Phi) is 6.79. The quantitative estimate of drug-likeness (QED) is 0.602. The third kappa shape index (κ3) is 5.28. The van der Waals surface area contributed by atoms with E-state index in [1.807, 2.05) is 60.7 Å². The molecule has 0 amide bonds. The predicted molar refractivity (Wildman–Crippen MR) is 119 cm³/mol. The molecule has 30 heavy (non-hydrogen) atoms. The van der Waals surface area contributed by atoms with Gasteiger partial charge in [0.2, 0.25) is 0 Å². The lowest BCUT2D eigenvalue weighted by Gasteiger charge is -2.26. The highest BCUT2D eigenvalue weighted by Gasteiger charge is 2.11. The van der Waals surface area contributed by atoms with Gasteiger partial charge < -0.3 is 19.8 Å². The zero-order valence-electron chi connectivity index (χ0n) is 17.0. The first-order chi connectivity index (χ1) is 14.8. The van der Waals surface area contributed by atoms with Crippen molar-refractivity contribution in [2.24, 2.45) is 0 Å². The first-order valence-corrected chi connectivity index (χ1v) is 10.3. The second-order valence-corrected chi connectivity index (χ2v) is 7.26. The highest BCUT2D eigenvalue weighted by Crippen LogP contribution is 2.24. The summed E-state index contributed by atoms with van der Waals surface area (Å²) in [5.74, 6) is 0.793. The molecular formula is C24H27N3O3. The summed E-state index contributed by atoms with van der Waals surface area (Å²) in [7, 11) is 0. The lowest BCUT2D eigenvalue weighted by Crippen LogP contribution is -2.38. The maximum absolute atomic E-state index is 12.3. The monoisotopic (exact) mass is 405 g/mol. The minimum atomic E-state index is -0.0899. The highest BCUT2D eigenvalue weighted by atomic mass is 16.5. The first-order valence-electron chi connectivity index (χ1n) is 10.3. The van der Waals surface area contributed by atoms with Crippen molar-refractivity contribution in [3.05, 3.63) is 82.8 Å². The van der Waals surface area contributed by atoms with Crippen LogP contribution in [0.4, 0.5) is 5.69 Å². The molecule has 3 aromatic rings. The van der Waals surface area contributed by atoms with Gasteiger partial charge in [-0.15, -0.1) is 0 Å². The average molecular weight is 405 g/mol. The van der Waals surface area contributed by atoms with E-state index in [9.17, 15) is 4.79 Å². The molecule has 4 rings (SSSR count). The standard InChI is InChI=1S/C24H27N3O3/c28-24-21(16-20(17-26-24)19-6-2-1-3-7-19)18-25-22-8-4-5-9-23(22)30-15-12-27-10-13-29-14-11-27/h1-9,16-17,25H,10-15,18H2,(H,26,28). The second-order valence-electron chi connectivity index (χ2n) is 7.26. The average Bonchev–Trinajstić information content (AvgIpc) is 2.80. The summed E-state index contributed by atoms with van der Waals surface area (Å²) in [5, 5.41) is 3.36. The van der Waals surface area contributed by atoms with Crippen molar-refractivity contribution in [2.45, 2.75) is 6.54 Å². The summed E-state index contributed by atoms with van der Waals surface area (Å²) in [6, 6.07) is 19.8. The molecule has 0 atom stereocenters. The Morgan fingerprint density at radius 2 is 1.77 bits per heavy atom. The fourth-order valence-corrected chi connectivity index (χ4v) is 3.50. The van der Waals surface area contributed by atoms with Gasteiger partial charge in [-0.2, -0.15) is 0 Å². The molecule has 0 spiro atoms. The van der Waals surface area contributed by atoms with E-state index < -0.39 is 0 Å². The van der Waals surface area contributed by atoms with Crippen LogP contribution in [0.1, 0.15) is 5.56 Å². The van der Waals surface area contributed by atoms with Gasteiger partial charge in [0.15, 0.2) is 0 Å². The number of hydrogen-bond donors (Lipinski definition) is 2. The van der Waals surface area contributed by atoms with Crippen molar-refractivity contribution in [3.63, 3.8) is 0 Å². The summed E-state index contributed by atoms with van der Waals surface area (Å²) in [6.45, 7) is 5.37. The number of pyridine rings is 1. The van der Waals surface area contributed by atoms with Crippen LogP contribution in [0, 0.1) is 0 Å². The number of aromatic nitrogens is 1. The minimum absolute atomic E-state index is 0.0899. The van der Waals surface area contributed by atoms with Crippen LogP contribution < -0.4 is 15.6 Å². The van der Waals surface area contributed by atoms with Gasteiger partial charge >= 0.3 is 0 Å². The van der Waals surface area contributed by atoms with Crippen LogP contribution in [0.5, 0.6) is 5.75 Å². The molecule has 1 aliphatic rings. The van der Waals surface area contributed by atoms with Gasteiger partial charge in [-0.25, -0.2) is 0 Å². The van der Waals surface area contributed by atoms with Crippen molar-refractivity contribution in [1.29, 1.82) is 0 Å². The van der Waals surface area contributed by atoms with Crippen LogP contribution in [-0.2, 0) is 11.3 Å². The summed E-state index contributed by atoms with van der Waals surface area (Å²) < 4.78 is 11.4. The van der Waals surface area contributed by atoms with Crippen molar-refractivity contribution in [2.75, 3.05) is 44.8 Å². The van der Waals surface area contributed by atoms with E-state index in [1.54, 1.807) is 6.20 Å². The van der Waals surface area contributed by atoms with Gasteiger partial charge in [-0.1, -0.05) is 42.5 Å². The molecule has 6 heteroatoms. The first kappa shape index (κ1) is 20.2. The Morgan fingerprint density at radius 1 is 1.00 bits per heavy atom. The van der Waals surface area contributed by atoms with E-state index in [0.717, 1.165) is 55.4 Å². The number of hydrogen-bond acceptors (Lipinski definition) is 5. The summed E-state index contributed by atoms with van der Waals surface area (Å²) >= 11 is 0. The molecule has 0 unspecified atom stereocenters. The van der Waals surface area contributed by atoms with Gasteiger partial charge in [0.25, 0.3) is 5.56 Å². The number of morpholine rings is 1. The number of nitrogens with zero attached hydrogens (tertiary/aromatic N) is 1. The predicted octanol–water partition coefficient (Wildman–Crippen LogP) is 3.37. The maximum Gasteiger partial charge on any atom is 0.252 e. The third-order valence-electron chi connectivity index (χ3n) is 5.21. The lowest BCUT2D eigenvalue weighted by molar-refractivity contribution is 0.0323. The fraction of sp³-hybridized carbons (Fsp3) is 0.292. The third-order valence-corrected chi connectivity index (χ3v) is 5.21. The van der Waals surface area contributed by atoms with Crippen LogP contribution >= 0.6 is 0 Å². The second kappa shape index (κ2) is 10.1. The highest BCUT2D eigenvalue weighted by molar-refractivity contribution is 5.63. The number of nitrogens with one attached hydrogen (secondary N) is 2. The molecule has 2 heterocycles. The normalized spacial score (nSPS) is 14.4. The fourth-order valence-electron chi connectivity index (χ4n) is 3.50. The SMILES string of the molecule is O=c1[nH]cc(-c2ccccc2)cc1CNc1ccccc1OCCN1CCOCC1. The molecule has 0 radical (unpaired) electrons. The molecule has 0 aliphatic carbocycles. The zero-order valence-corrected chi connectivity index (χ0v) is 17.0. The van der Waals surface area contributed by atoms with E-state index in [-0.39, 0.29) is 5.56 Å². The van der Waals surface area contributed by atoms with E-state index >= 15 is 0 Å². The number of para-hydroxylation sites is 2. The molecule has 0 saturated carbocycles. The van der Waals surface area contributed by atoms with Crippen molar-refractivity contribution in [3.8, 4) is 16.9 Å². The van der Waals surface area contributed by atoms with Crippen LogP contribution in [-0.4, -0.2) is 49.3 Å². The van der Waals surface area contributed by atoms with E-state index in [0.29, 0.717) is 18.7 Å². The van der Waals surface area contributed by atoms with Gasteiger partial charge in [-0.05, 0) is 29.3 Å². The molecular weight excluding hydrogens is 378 g/mol. The van der Waals surface area contributed by atoms with Crippen LogP contribution in [0.3, 0.4) is 0 Å².